The highest BCUT2D eigenvalue weighted by atomic mass is 16.5. The molecule has 0 bridgehead atoms. The van der Waals surface area contributed by atoms with E-state index in [9.17, 15) is 9.59 Å². The zero-order chi connectivity index (χ0) is 17.9. The maximum absolute atomic E-state index is 12.0. The highest BCUT2D eigenvalue weighted by molar-refractivity contribution is 5.71. The van der Waals surface area contributed by atoms with Crippen LogP contribution in [0.25, 0.3) is 0 Å². The second-order valence-electron chi connectivity index (χ2n) is 7.68. The Kier molecular flexibility index (Phi) is 10.9. The van der Waals surface area contributed by atoms with Gasteiger partial charge in [-0.1, -0.05) is 46.0 Å². The second-order valence-corrected chi connectivity index (χ2v) is 7.68. The maximum Gasteiger partial charge on any atom is 0.307 e. The van der Waals surface area contributed by atoms with Crippen LogP contribution in [0.15, 0.2) is 0 Å². The lowest BCUT2D eigenvalue weighted by Gasteiger charge is -2.28. The molecule has 2 unspecified atom stereocenters. The minimum Gasteiger partial charge on any atom is -0.481 e. The van der Waals surface area contributed by atoms with Crippen molar-refractivity contribution >= 4 is 11.9 Å². The molecule has 0 rings (SSSR count). The maximum atomic E-state index is 12.0. The van der Waals surface area contributed by atoms with Crippen LogP contribution in [0.2, 0.25) is 0 Å². The quantitative estimate of drug-likeness (QED) is 0.319. The zero-order valence-electron chi connectivity index (χ0n) is 15.6. The Bertz CT molecular complexity index is 349. The van der Waals surface area contributed by atoms with Crippen LogP contribution in [0.4, 0.5) is 0 Å². The van der Waals surface area contributed by atoms with E-state index in [1.807, 2.05) is 21.1 Å². The molecular formula is C18H36NO4+. The lowest BCUT2D eigenvalue weighted by Crippen LogP contribution is -2.43. The van der Waals surface area contributed by atoms with Crippen LogP contribution in [0, 0.1) is 5.92 Å². The van der Waals surface area contributed by atoms with Crippen LogP contribution in [0.3, 0.4) is 0 Å². The fourth-order valence-electron chi connectivity index (χ4n) is 2.62. The van der Waals surface area contributed by atoms with E-state index in [1.165, 1.54) is 25.7 Å². The molecule has 2 atom stereocenters. The minimum absolute atomic E-state index is 0.131. The van der Waals surface area contributed by atoms with Gasteiger partial charge in [-0.05, 0) is 12.3 Å². The molecule has 0 heterocycles. The lowest BCUT2D eigenvalue weighted by molar-refractivity contribution is -0.873. The number of nitrogens with zero attached hydrogens (tertiary/aromatic N) is 1. The molecule has 0 saturated carbocycles. The van der Waals surface area contributed by atoms with Crippen molar-refractivity contribution in [1.82, 2.24) is 0 Å². The van der Waals surface area contributed by atoms with Crippen molar-refractivity contribution in [3.63, 3.8) is 0 Å². The summed E-state index contributed by atoms with van der Waals surface area (Å²) in [6, 6.07) is 0. The summed E-state index contributed by atoms with van der Waals surface area (Å²) in [7, 11) is 5.88. The number of ether oxygens (including phenoxy) is 1. The predicted octanol–water partition coefficient (Wildman–Crippen LogP) is 3.47. The topological polar surface area (TPSA) is 63.6 Å². The van der Waals surface area contributed by atoms with Crippen molar-refractivity contribution in [2.75, 3.05) is 27.7 Å². The molecule has 0 saturated heterocycles. The summed E-state index contributed by atoms with van der Waals surface area (Å²) < 4.78 is 5.96. The van der Waals surface area contributed by atoms with Crippen molar-refractivity contribution in [3.05, 3.63) is 0 Å². The van der Waals surface area contributed by atoms with Crippen molar-refractivity contribution in [3.8, 4) is 0 Å². The SMILES string of the molecule is CCCCCCC(C)CCC(=O)OC(CC(=O)O)C[N+](C)(C)C. The van der Waals surface area contributed by atoms with E-state index in [4.69, 9.17) is 9.84 Å². The first-order chi connectivity index (χ1) is 10.6. The zero-order valence-corrected chi connectivity index (χ0v) is 15.6. The average Bonchev–Trinajstić information content (AvgIpc) is 2.38. The number of esters is 1. The highest BCUT2D eigenvalue weighted by Gasteiger charge is 2.24. The molecular weight excluding hydrogens is 294 g/mol. The van der Waals surface area contributed by atoms with Gasteiger partial charge in [0.1, 0.15) is 6.54 Å². The number of quaternary nitrogens is 1. The number of aliphatic carboxylic acids is 1. The van der Waals surface area contributed by atoms with Crippen LogP contribution in [-0.2, 0) is 14.3 Å². The van der Waals surface area contributed by atoms with Gasteiger partial charge in [-0.2, -0.15) is 0 Å². The number of carbonyl (C=O) groups is 2. The van der Waals surface area contributed by atoms with E-state index in [2.05, 4.69) is 13.8 Å². The Morgan fingerprint density at radius 1 is 1.09 bits per heavy atom. The smallest absolute Gasteiger partial charge is 0.307 e. The molecule has 136 valence electrons. The van der Waals surface area contributed by atoms with Crippen LogP contribution < -0.4 is 0 Å². The van der Waals surface area contributed by atoms with Crippen molar-refractivity contribution in [2.24, 2.45) is 5.92 Å². The summed E-state index contributed by atoms with van der Waals surface area (Å²) in [5.41, 5.74) is 0. The Morgan fingerprint density at radius 3 is 2.26 bits per heavy atom. The Hall–Kier alpha value is -1.10. The third-order valence-electron chi connectivity index (χ3n) is 3.84. The molecule has 0 aliphatic rings. The standard InChI is InChI=1S/C18H35NO4/c1-6-7-8-9-10-15(2)11-12-18(22)23-16(13-17(20)21)14-19(3,4)5/h15-16H,6-14H2,1-5H3/p+1. The van der Waals surface area contributed by atoms with E-state index in [0.29, 0.717) is 23.4 Å². The molecule has 0 aliphatic carbocycles. The van der Waals surface area contributed by atoms with Crippen molar-refractivity contribution < 1.29 is 23.9 Å². The number of carboxylic acid groups (broad SMARTS) is 1. The monoisotopic (exact) mass is 330 g/mol. The summed E-state index contributed by atoms with van der Waals surface area (Å²) in [5.74, 6) is -0.693. The molecule has 0 radical (unpaired) electrons. The van der Waals surface area contributed by atoms with Gasteiger partial charge in [0.15, 0.2) is 6.10 Å². The Balaban J connectivity index is 4.13. The first-order valence-electron chi connectivity index (χ1n) is 8.85. The third-order valence-corrected chi connectivity index (χ3v) is 3.84. The molecule has 0 aromatic heterocycles. The fourth-order valence-corrected chi connectivity index (χ4v) is 2.62. The molecule has 0 spiro atoms. The number of carboxylic acids is 1. The molecule has 0 aliphatic heterocycles. The molecule has 23 heavy (non-hydrogen) atoms. The van der Waals surface area contributed by atoms with E-state index in [0.717, 1.165) is 12.8 Å². The van der Waals surface area contributed by atoms with Crippen LogP contribution in [0.1, 0.15) is 65.2 Å². The molecule has 0 aromatic rings. The highest BCUT2D eigenvalue weighted by Crippen LogP contribution is 2.16. The van der Waals surface area contributed by atoms with Crippen LogP contribution in [0.5, 0.6) is 0 Å². The predicted molar refractivity (Wildman–Crippen MR) is 92.2 cm³/mol. The number of hydrogen-bond acceptors (Lipinski definition) is 3. The van der Waals surface area contributed by atoms with Gasteiger partial charge in [-0.25, -0.2) is 0 Å². The first-order valence-corrected chi connectivity index (χ1v) is 8.85. The lowest BCUT2D eigenvalue weighted by atomic mass is 9.98. The van der Waals surface area contributed by atoms with E-state index in [1.54, 1.807) is 0 Å². The molecule has 5 nitrogen and oxygen atoms in total. The van der Waals surface area contributed by atoms with Crippen LogP contribution >= 0.6 is 0 Å². The fraction of sp³-hybridized carbons (Fsp3) is 0.889. The van der Waals surface area contributed by atoms with Gasteiger partial charge in [0, 0.05) is 6.42 Å². The minimum atomic E-state index is -0.930. The third kappa shape index (κ3) is 14.2. The molecule has 0 aromatic carbocycles. The largest absolute Gasteiger partial charge is 0.481 e. The van der Waals surface area contributed by atoms with Gasteiger partial charge < -0.3 is 14.3 Å². The van der Waals surface area contributed by atoms with Gasteiger partial charge in [0.2, 0.25) is 0 Å². The normalized spacial score (nSPS) is 14.3. The Morgan fingerprint density at radius 2 is 1.74 bits per heavy atom. The molecule has 1 N–H and O–H groups in total. The van der Waals surface area contributed by atoms with Gasteiger partial charge in [0.05, 0.1) is 27.6 Å². The number of rotatable bonds is 13. The van der Waals surface area contributed by atoms with Crippen molar-refractivity contribution in [2.45, 2.75) is 71.3 Å². The van der Waals surface area contributed by atoms with Gasteiger partial charge in [-0.3, -0.25) is 9.59 Å². The summed E-state index contributed by atoms with van der Waals surface area (Å²) in [6.45, 7) is 4.87. The second kappa shape index (κ2) is 11.4. The number of unbranched alkanes of at least 4 members (excludes halogenated alkanes) is 3. The van der Waals surface area contributed by atoms with Crippen molar-refractivity contribution in [1.29, 1.82) is 0 Å². The van der Waals surface area contributed by atoms with E-state index in [-0.39, 0.29) is 12.4 Å². The molecule has 5 heteroatoms. The molecule has 0 amide bonds. The van der Waals surface area contributed by atoms with E-state index < -0.39 is 12.1 Å². The van der Waals surface area contributed by atoms with Gasteiger partial charge in [0.25, 0.3) is 0 Å². The number of hydrogen-bond donors (Lipinski definition) is 1. The number of carbonyl (C=O) groups excluding carboxylic acids is 1. The van der Waals surface area contributed by atoms with Crippen LogP contribution in [-0.4, -0.2) is 55.3 Å². The number of likely N-dealkylation sites (N-methyl/N-ethyl adjacent to an activating group) is 1. The molecule has 0 fully saturated rings. The average molecular weight is 330 g/mol. The summed E-state index contributed by atoms with van der Waals surface area (Å²) in [6.07, 6.45) is 6.63. The van der Waals surface area contributed by atoms with Gasteiger partial charge >= 0.3 is 11.9 Å². The van der Waals surface area contributed by atoms with Gasteiger partial charge in [-0.15, -0.1) is 0 Å². The first kappa shape index (κ1) is 21.9. The summed E-state index contributed by atoms with van der Waals surface area (Å²) in [5, 5.41) is 8.95. The summed E-state index contributed by atoms with van der Waals surface area (Å²) >= 11 is 0. The van der Waals surface area contributed by atoms with E-state index >= 15 is 0 Å². The summed E-state index contributed by atoms with van der Waals surface area (Å²) in [4.78, 5) is 22.9. The Labute approximate surface area is 141 Å².